The van der Waals surface area contributed by atoms with Crippen LogP contribution in [0.3, 0.4) is 0 Å². The molecule has 0 aliphatic heterocycles. The van der Waals surface area contributed by atoms with Crippen LogP contribution >= 0.6 is 0 Å². The molecule has 0 rings (SSSR count). The Morgan fingerprint density at radius 3 is 1.93 bits per heavy atom. The highest BCUT2D eigenvalue weighted by molar-refractivity contribution is 6.03. The van der Waals surface area contributed by atoms with E-state index in [0.29, 0.717) is 0 Å². The van der Waals surface area contributed by atoms with Crippen LogP contribution in [0.25, 0.3) is 0 Å². The number of carbonyl (C=O) groups is 2. The first-order valence-electron chi connectivity index (χ1n) is 4.67. The van der Waals surface area contributed by atoms with Crippen molar-refractivity contribution in [2.75, 3.05) is 13.2 Å². The molecule has 15 heavy (non-hydrogen) atoms. The van der Waals surface area contributed by atoms with E-state index in [1.54, 1.807) is 0 Å². The van der Waals surface area contributed by atoms with Crippen molar-refractivity contribution in [3.8, 4) is 0 Å². The lowest BCUT2D eigenvalue weighted by atomic mass is 10.0. The van der Waals surface area contributed by atoms with Gasteiger partial charge in [-0.2, -0.15) is 0 Å². The molecule has 0 unspecified atom stereocenters. The lowest BCUT2D eigenvalue weighted by molar-refractivity contribution is -0.174. The Labute approximate surface area is 88.0 Å². The Bertz CT molecular complexity index is 232. The van der Waals surface area contributed by atoms with Gasteiger partial charge < -0.3 is 9.47 Å². The normalized spacial score (nSPS) is 10.6. The molecule has 86 valence electrons. The highest BCUT2D eigenvalue weighted by Crippen LogP contribution is 2.21. The number of ether oxygens (including phenoxy) is 2. The van der Waals surface area contributed by atoms with Crippen molar-refractivity contribution in [2.24, 2.45) is 0 Å². The molecule has 0 heterocycles. The average Bonchev–Trinajstić information content (AvgIpc) is 2.18. The lowest BCUT2D eigenvalue weighted by Crippen LogP contribution is -2.44. The van der Waals surface area contributed by atoms with Crippen molar-refractivity contribution < 1.29 is 23.5 Å². The van der Waals surface area contributed by atoms with E-state index in [9.17, 15) is 14.0 Å². The maximum absolute atomic E-state index is 13.9. The molecule has 0 saturated carbocycles. The zero-order chi connectivity index (χ0) is 11.9. The maximum atomic E-state index is 13.9. The van der Waals surface area contributed by atoms with Crippen LogP contribution in [0.1, 0.15) is 20.3 Å². The van der Waals surface area contributed by atoms with Gasteiger partial charge in [-0.05, 0) is 13.8 Å². The van der Waals surface area contributed by atoms with E-state index in [-0.39, 0.29) is 13.2 Å². The number of halogens is 1. The second-order valence-electron chi connectivity index (χ2n) is 2.73. The molecule has 0 N–H and O–H groups in total. The molecular formula is C10H15FO4. The number of rotatable bonds is 6. The van der Waals surface area contributed by atoms with Gasteiger partial charge in [-0.3, -0.25) is 0 Å². The molecule has 0 spiro atoms. The zero-order valence-corrected chi connectivity index (χ0v) is 8.92. The minimum Gasteiger partial charge on any atom is -0.463 e. The Morgan fingerprint density at radius 1 is 1.27 bits per heavy atom. The molecule has 0 amide bonds. The van der Waals surface area contributed by atoms with Crippen molar-refractivity contribution >= 4 is 11.9 Å². The van der Waals surface area contributed by atoms with Gasteiger partial charge in [-0.15, -0.1) is 6.58 Å². The first-order valence-corrected chi connectivity index (χ1v) is 4.67. The number of hydrogen-bond donors (Lipinski definition) is 0. The number of alkyl halides is 1. The molecule has 0 bridgehead atoms. The van der Waals surface area contributed by atoms with Crippen LogP contribution in [-0.2, 0) is 19.1 Å². The molecular weight excluding hydrogens is 203 g/mol. The summed E-state index contributed by atoms with van der Waals surface area (Å²) in [6.07, 6.45) is 0.679. The fraction of sp³-hybridized carbons (Fsp3) is 0.600. The SMILES string of the molecule is C=CCC(F)(C(=O)OCC)C(=O)OCC. The summed E-state index contributed by atoms with van der Waals surface area (Å²) in [4.78, 5) is 22.5. The van der Waals surface area contributed by atoms with Gasteiger partial charge in [0.15, 0.2) is 0 Å². The third-order valence-electron chi connectivity index (χ3n) is 1.62. The van der Waals surface area contributed by atoms with Crippen molar-refractivity contribution in [1.82, 2.24) is 0 Å². The van der Waals surface area contributed by atoms with E-state index in [4.69, 9.17) is 0 Å². The minimum absolute atomic E-state index is 0.00104. The van der Waals surface area contributed by atoms with Gasteiger partial charge in [0.2, 0.25) is 0 Å². The molecule has 0 aliphatic carbocycles. The number of hydrogen-bond acceptors (Lipinski definition) is 4. The Morgan fingerprint density at radius 2 is 1.67 bits per heavy atom. The summed E-state index contributed by atoms with van der Waals surface area (Å²) in [6, 6.07) is 0. The smallest absolute Gasteiger partial charge is 0.356 e. The van der Waals surface area contributed by atoms with E-state index in [0.717, 1.165) is 6.08 Å². The first-order chi connectivity index (χ1) is 7.02. The Kier molecular flexibility index (Phi) is 5.59. The molecule has 4 nitrogen and oxygen atoms in total. The van der Waals surface area contributed by atoms with Crippen molar-refractivity contribution in [2.45, 2.75) is 25.9 Å². The summed E-state index contributed by atoms with van der Waals surface area (Å²) in [5.74, 6) is -2.47. The second-order valence-corrected chi connectivity index (χ2v) is 2.73. The van der Waals surface area contributed by atoms with Crippen molar-refractivity contribution in [1.29, 1.82) is 0 Å². The van der Waals surface area contributed by atoms with Crippen LogP contribution in [0, 0.1) is 0 Å². The molecule has 0 saturated heterocycles. The van der Waals surface area contributed by atoms with Gasteiger partial charge in [0.1, 0.15) is 0 Å². The summed E-state index contributed by atoms with van der Waals surface area (Å²) in [5, 5.41) is 0. The Balaban J connectivity index is 4.78. The number of carbonyl (C=O) groups excluding carboxylic acids is 2. The second kappa shape index (κ2) is 6.16. The van der Waals surface area contributed by atoms with E-state index < -0.39 is 24.0 Å². The standard InChI is InChI=1S/C10H15FO4/c1-4-7-10(11,8(12)14-5-2)9(13)15-6-3/h4H,1,5-7H2,2-3H3. The van der Waals surface area contributed by atoms with E-state index in [1.807, 2.05) is 0 Å². The van der Waals surface area contributed by atoms with Crippen LogP contribution < -0.4 is 0 Å². The lowest BCUT2D eigenvalue weighted by Gasteiger charge is -2.19. The molecule has 0 aromatic rings. The molecule has 0 aromatic carbocycles. The molecule has 0 atom stereocenters. The minimum atomic E-state index is -2.77. The topological polar surface area (TPSA) is 52.6 Å². The first kappa shape index (κ1) is 13.6. The van der Waals surface area contributed by atoms with Crippen LogP contribution in [0.5, 0.6) is 0 Å². The summed E-state index contributed by atoms with van der Waals surface area (Å²) in [6.45, 7) is 6.33. The summed E-state index contributed by atoms with van der Waals surface area (Å²) in [7, 11) is 0. The summed E-state index contributed by atoms with van der Waals surface area (Å²) >= 11 is 0. The average molecular weight is 218 g/mol. The predicted molar refractivity (Wildman–Crippen MR) is 51.9 cm³/mol. The molecule has 0 fully saturated rings. The molecule has 5 heteroatoms. The highest BCUT2D eigenvalue weighted by Gasteiger charge is 2.48. The van der Waals surface area contributed by atoms with E-state index in [1.165, 1.54) is 13.8 Å². The molecule has 0 radical (unpaired) electrons. The van der Waals surface area contributed by atoms with Gasteiger partial charge in [-0.25, -0.2) is 14.0 Å². The van der Waals surface area contributed by atoms with E-state index >= 15 is 0 Å². The Hall–Kier alpha value is -1.39. The van der Waals surface area contributed by atoms with Crippen LogP contribution in [-0.4, -0.2) is 30.8 Å². The largest absolute Gasteiger partial charge is 0.463 e. The summed E-state index contributed by atoms with van der Waals surface area (Å²) in [5.41, 5.74) is -2.77. The third kappa shape index (κ3) is 3.34. The van der Waals surface area contributed by atoms with E-state index in [2.05, 4.69) is 16.1 Å². The maximum Gasteiger partial charge on any atom is 0.356 e. The van der Waals surface area contributed by atoms with Gasteiger partial charge in [-0.1, -0.05) is 6.08 Å². The third-order valence-corrected chi connectivity index (χ3v) is 1.62. The monoisotopic (exact) mass is 218 g/mol. The van der Waals surface area contributed by atoms with Crippen LogP contribution in [0.2, 0.25) is 0 Å². The number of allylic oxidation sites excluding steroid dienone is 1. The predicted octanol–water partition coefficient (Wildman–Crippen LogP) is 1.40. The molecule has 0 aromatic heterocycles. The quantitative estimate of drug-likeness (QED) is 0.384. The van der Waals surface area contributed by atoms with Crippen LogP contribution in [0.15, 0.2) is 12.7 Å². The van der Waals surface area contributed by atoms with Gasteiger partial charge >= 0.3 is 17.6 Å². The number of esters is 2. The highest BCUT2D eigenvalue weighted by atomic mass is 19.1. The zero-order valence-electron chi connectivity index (χ0n) is 8.92. The fourth-order valence-electron chi connectivity index (χ4n) is 0.940. The fourth-order valence-corrected chi connectivity index (χ4v) is 0.940. The summed E-state index contributed by atoms with van der Waals surface area (Å²) < 4.78 is 22.9. The van der Waals surface area contributed by atoms with Gasteiger partial charge in [0.25, 0.3) is 0 Å². The van der Waals surface area contributed by atoms with Crippen molar-refractivity contribution in [3.63, 3.8) is 0 Å². The van der Waals surface area contributed by atoms with Crippen LogP contribution in [0.4, 0.5) is 4.39 Å². The van der Waals surface area contributed by atoms with Crippen molar-refractivity contribution in [3.05, 3.63) is 12.7 Å². The van der Waals surface area contributed by atoms with Gasteiger partial charge in [0.05, 0.1) is 13.2 Å². The molecule has 0 aliphatic rings. The van der Waals surface area contributed by atoms with Gasteiger partial charge in [0, 0.05) is 6.42 Å².